The fraction of sp³-hybridized carbons (Fsp3) is 0.450. The molecule has 0 saturated carbocycles. The van der Waals surface area contributed by atoms with Gasteiger partial charge in [-0.25, -0.2) is 9.78 Å². The number of amides is 2. The van der Waals surface area contributed by atoms with E-state index in [1.807, 2.05) is 50.5 Å². The first-order chi connectivity index (χ1) is 12.7. The predicted molar refractivity (Wildman–Crippen MR) is 103 cm³/mol. The van der Waals surface area contributed by atoms with Crippen molar-refractivity contribution in [1.82, 2.24) is 14.5 Å². The molecule has 3 rings (SSSR count). The van der Waals surface area contributed by atoms with Gasteiger partial charge in [-0.1, -0.05) is 0 Å². The lowest BCUT2D eigenvalue weighted by atomic mass is 9.89. The van der Waals surface area contributed by atoms with E-state index < -0.39 is 6.09 Å². The van der Waals surface area contributed by atoms with Crippen molar-refractivity contribution in [2.75, 3.05) is 4.90 Å². The summed E-state index contributed by atoms with van der Waals surface area (Å²) in [5, 5.41) is 9.81. The van der Waals surface area contributed by atoms with Crippen LogP contribution in [0.3, 0.4) is 0 Å². The smallest absolute Gasteiger partial charge is 0.408 e. The molecule has 0 radical (unpaired) electrons. The number of aryl methyl sites for hydroxylation is 1. The molecule has 1 N–H and O–H groups in total. The average molecular weight is 370 g/mol. The molecular weight excluding hydrogens is 344 g/mol. The van der Waals surface area contributed by atoms with Crippen LogP contribution >= 0.6 is 0 Å². The highest BCUT2D eigenvalue weighted by Crippen LogP contribution is 2.42. The summed E-state index contributed by atoms with van der Waals surface area (Å²) in [6.07, 6.45) is 3.12. The van der Waals surface area contributed by atoms with Gasteiger partial charge in [0.1, 0.15) is 0 Å². The predicted octanol–water partition coefficient (Wildman–Crippen LogP) is 3.76. The zero-order valence-electron chi connectivity index (χ0n) is 16.4. The van der Waals surface area contributed by atoms with Gasteiger partial charge < -0.3 is 14.6 Å². The van der Waals surface area contributed by atoms with Crippen LogP contribution in [0.25, 0.3) is 5.69 Å². The van der Waals surface area contributed by atoms with Gasteiger partial charge in [0, 0.05) is 47.8 Å². The van der Waals surface area contributed by atoms with Crippen LogP contribution in [0.4, 0.5) is 10.5 Å². The number of carbonyl (C=O) groups excluding carboxylic acids is 1. The summed E-state index contributed by atoms with van der Waals surface area (Å²) < 4.78 is 1.95. The van der Waals surface area contributed by atoms with Gasteiger partial charge in [0.25, 0.3) is 0 Å². The molecule has 0 spiro atoms. The number of carbonyl (C=O) groups is 2. The summed E-state index contributed by atoms with van der Waals surface area (Å²) in [5.41, 5.74) is 3.52. The van der Waals surface area contributed by atoms with Crippen LogP contribution in [0.15, 0.2) is 30.7 Å². The second-order valence-corrected chi connectivity index (χ2v) is 7.42. The van der Waals surface area contributed by atoms with E-state index in [0.29, 0.717) is 6.42 Å². The highest BCUT2D eigenvalue weighted by Gasteiger charge is 2.38. The average Bonchev–Trinajstić information content (AvgIpc) is 2.99. The van der Waals surface area contributed by atoms with Gasteiger partial charge in [-0.3, -0.25) is 9.69 Å². The molecule has 0 aliphatic carbocycles. The monoisotopic (exact) mass is 370 g/mol. The number of anilines is 1. The molecule has 0 saturated heterocycles. The van der Waals surface area contributed by atoms with Crippen molar-refractivity contribution in [3.63, 3.8) is 0 Å². The van der Waals surface area contributed by atoms with E-state index in [-0.39, 0.29) is 24.0 Å². The van der Waals surface area contributed by atoms with Gasteiger partial charge >= 0.3 is 6.09 Å². The van der Waals surface area contributed by atoms with Crippen molar-refractivity contribution in [2.45, 2.75) is 59.2 Å². The number of hydrogen-bond donors (Lipinski definition) is 1. The Hall–Kier alpha value is -2.83. The summed E-state index contributed by atoms with van der Waals surface area (Å²) >= 11 is 0. The van der Waals surface area contributed by atoms with Crippen molar-refractivity contribution in [3.8, 4) is 5.69 Å². The Bertz CT molecular complexity index is 874. The van der Waals surface area contributed by atoms with Gasteiger partial charge in [-0.15, -0.1) is 0 Å². The van der Waals surface area contributed by atoms with E-state index in [9.17, 15) is 14.7 Å². The fourth-order valence-corrected chi connectivity index (χ4v) is 4.06. The van der Waals surface area contributed by atoms with Gasteiger partial charge in [-0.05, 0) is 52.3 Å². The van der Waals surface area contributed by atoms with E-state index in [4.69, 9.17) is 0 Å². The highest BCUT2D eigenvalue weighted by atomic mass is 16.4. The Morgan fingerprint density at radius 3 is 2.56 bits per heavy atom. The summed E-state index contributed by atoms with van der Waals surface area (Å²) in [7, 11) is 0. The number of nitrogens with zero attached hydrogens (tertiary/aromatic N) is 4. The largest absolute Gasteiger partial charge is 0.465 e. The molecule has 1 aromatic carbocycles. The number of rotatable bonds is 3. The number of hydrogen-bond acceptors (Lipinski definition) is 3. The summed E-state index contributed by atoms with van der Waals surface area (Å²) in [6, 6.07) is 5.27. The second kappa shape index (κ2) is 7.06. The summed E-state index contributed by atoms with van der Waals surface area (Å²) in [4.78, 5) is 31.6. The lowest BCUT2D eigenvalue weighted by molar-refractivity contribution is -0.117. The van der Waals surface area contributed by atoms with Crippen molar-refractivity contribution >= 4 is 17.7 Å². The third kappa shape index (κ3) is 3.29. The Morgan fingerprint density at radius 1 is 1.33 bits per heavy atom. The summed E-state index contributed by atoms with van der Waals surface area (Å²) in [6.45, 7) is 9.22. The number of imidazole rings is 1. The zero-order valence-corrected chi connectivity index (χ0v) is 16.4. The molecule has 0 fully saturated rings. The maximum Gasteiger partial charge on any atom is 0.408 e. The van der Waals surface area contributed by atoms with E-state index in [2.05, 4.69) is 4.98 Å². The summed E-state index contributed by atoms with van der Waals surface area (Å²) in [5.74, 6) is -0.0415. The van der Waals surface area contributed by atoms with Crippen LogP contribution in [0, 0.1) is 6.92 Å². The van der Waals surface area contributed by atoms with E-state index >= 15 is 0 Å². The topological polar surface area (TPSA) is 78.7 Å². The first-order valence-corrected chi connectivity index (χ1v) is 9.16. The van der Waals surface area contributed by atoms with Crippen LogP contribution in [0.2, 0.25) is 0 Å². The van der Waals surface area contributed by atoms with Crippen LogP contribution in [0.5, 0.6) is 0 Å². The minimum absolute atomic E-state index is 0.0415. The Morgan fingerprint density at radius 2 is 2.04 bits per heavy atom. The fourth-order valence-electron chi connectivity index (χ4n) is 4.06. The maximum atomic E-state index is 12.3. The number of aromatic nitrogens is 2. The lowest BCUT2D eigenvalue weighted by Crippen LogP contribution is -2.48. The molecule has 2 aromatic rings. The van der Waals surface area contributed by atoms with Crippen LogP contribution in [-0.2, 0) is 4.79 Å². The molecule has 7 heteroatoms. The Kier molecular flexibility index (Phi) is 4.95. The second-order valence-electron chi connectivity index (χ2n) is 7.42. The Balaban J connectivity index is 2.19. The molecule has 0 unspecified atom stereocenters. The first-order valence-electron chi connectivity index (χ1n) is 9.16. The molecule has 2 amide bonds. The van der Waals surface area contributed by atoms with E-state index in [1.54, 1.807) is 24.3 Å². The Labute approximate surface area is 159 Å². The van der Waals surface area contributed by atoms with Crippen LogP contribution in [-0.4, -0.2) is 43.6 Å². The SMILES string of the molecule is CC(=O)N1c2ccc(-n3cncc3C)cc2[C@H](N(C(=O)O)C(C)C)C[C@@H]1C. The number of benzene rings is 1. The molecule has 2 heterocycles. The first kappa shape index (κ1) is 18.9. The molecule has 7 nitrogen and oxygen atoms in total. The van der Waals surface area contributed by atoms with Crippen LogP contribution < -0.4 is 4.90 Å². The molecular formula is C20H26N4O3. The third-order valence-corrected chi connectivity index (χ3v) is 5.19. The lowest BCUT2D eigenvalue weighted by Gasteiger charge is -2.43. The van der Waals surface area contributed by atoms with Crippen molar-refractivity contribution in [2.24, 2.45) is 0 Å². The molecule has 27 heavy (non-hydrogen) atoms. The molecule has 144 valence electrons. The zero-order chi connectivity index (χ0) is 19.9. The van der Waals surface area contributed by atoms with Gasteiger partial charge in [0.15, 0.2) is 0 Å². The van der Waals surface area contributed by atoms with E-state index in [1.165, 1.54) is 4.90 Å². The van der Waals surface area contributed by atoms with E-state index in [0.717, 1.165) is 22.6 Å². The van der Waals surface area contributed by atoms with Gasteiger partial charge in [0.05, 0.1) is 12.4 Å². The van der Waals surface area contributed by atoms with Crippen molar-refractivity contribution in [1.29, 1.82) is 0 Å². The molecule has 2 atom stereocenters. The standard InChI is InChI=1S/C20H26N4O3/c1-12(2)23(20(26)27)19-8-13(3)24(15(5)25)18-7-6-16(9-17(18)19)22-11-21-10-14(22)4/h6-7,9-13,19H,8H2,1-5H3,(H,26,27)/t13-,19+/m0/s1. The maximum absolute atomic E-state index is 12.3. The molecule has 1 aromatic heterocycles. The molecule has 1 aliphatic heterocycles. The number of carboxylic acid groups (broad SMARTS) is 1. The van der Waals surface area contributed by atoms with Gasteiger partial charge in [-0.2, -0.15) is 0 Å². The third-order valence-electron chi connectivity index (χ3n) is 5.19. The molecule has 1 aliphatic rings. The minimum Gasteiger partial charge on any atom is -0.465 e. The van der Waals surface area contributed by atoms with Gasteiger partial charge in [0.2, 0.25) is 5.91 Å². The normalized spacial score (nSPS) is 19.1. The minimum atomic E-state index is -0.950. The number of fused-ring (bicyclic) bond motifs is 1. The quantitative estimate of drug-likeness (QED) is 0.892. The van der Waals surface area contributed by atoms with Crippen LogP contribution in [0.1, 0.15) is 51.4 Å². The van der Waals surface area contributed by atoms with Crippen molar-refractivity contribution < 1.29 is 14.7 Å². The molecule has 0 bridgehead atoms. The highest BCUT2D eigenvalue weighted by molar-refractivity contribution is 5.94. The van der Waals surface area contributed by atoms with Crippen molar-refractivity contribution in [3.05, 3.63) is 42.0 Å².